The summed E-state index contributed by atoms with van der Waals surface area (Å²) in [6, 6.07) is -0.250. The maximum atomic E-state index is 13.9. The van der Waals surface area contributed by atoms with Crippen LogP contribution in [0.15, 0.2) is 29.2 Å². The monoisotopic (exact) mass is 554 g/mol. The van der Waals surface area contributed by atoms with E-state index in [2.05, 4.69) is 54.0 Å². The van der Waals surface area contributed by atoms with Gasteiger partial charge in [0.2, 0.25) is 0 Å². The molecule has 1 unspecified atom stereocenters. The second-order valence-electron chi connectivity index (χ2n) is 11.9. The molecule has 8 bridgehead atoms. The third-order valence-corrected chi connectivity index (χ3v) is 9.81. The number of Topliss-reactive ketones (excluding diaryl/α,β-unsaturated/α-hetero) is 1. The van der Waals surface area contributed by atoms with Crippen molar-refractivity contribution in [1.82, 2.24) is 20.6 Å². The van der Waals surface area contributed by atoms with Gasteiger partial charge in [0, 0.05) is 45.2 Å². The molecular weight excluding hydrogens is 516 g/mol. The number of aromatic amines is 2. The van der Waals surface area contributed by atoms with E-state index in [1.54, 1.807) is 6.92 Å². The number of ether oxygens (including phenoxy) is 1. The largest absolute Gasteiger partial charge is 0.468 e. The number of hydrogen-bond acceptors (Lipinski definition) is 6. The van der Waals surface area contributed by atoms with Gasteiger partial charge >= 0.3 is 5.97 Å². The molecule has 1 fully saturated rings. The van der Waals surface area contributed by atoms with E-state index >= 15 is 0 Å². The minimum absolute atomic E-state index is 0.104. The van der Waals surface area contributed by atoms with Crippen molar-refractivity contribution in [2.75, 3.05) is 7.11 Å². The highest BCUT2D eigenvalue weighted by Crippen LogP contribution is 2.41. The van der Waals surface area contributed by atoms with Crippen LogP contribution in [0.2, 0.25) is 0 Å². The summed E-state index contributed by atoms with van der Waals surface area (Å²) in [6.07, 6.45) is 8.50. The molecule has 0 spiro atoms. The highest BCUT2D eigenvalue weighted by atomic mass is 16.5. The fraction of sp³-hybridized carbons (Fsp3) is 0.394. The molecule has 6 rings (SSSR count). The first-order valence-electron chi connectivity index (χ1n) is 14.3. The predicted molar refractivity (Wildman–Crippen MR) is 160 cm³/mol. The van der Waals surface area contributed by atoms with Crippen LogP contribution >= 0.6 is 0 Å². The van der Waals surface area contributed by atoms with Gasteiger partial charge in [0.05, 0.1) is 24.2 Å². The smallest absolute Gasteiger partial charge is 0.320 e. The molecular formula is C33H38N4O4. The number of rotatable bonds is 3. The Kier molecular flexibility index (Phi) is 6.12. The fourth-order valence-electron chi connectivity index (χ4n) is 7.17. The van der Waals surface area contributed by atoms with Gasteiger partial charge in [-0.05, 0) is 73.6 Å². The Bertz CT molecular complexity index is 1760. The molecule has 4 aliphatic rings. The molecule has 3 aliphatic heterocycles. The zero-order chi connectivity index (χ0) is 29.5. The van der Waals surface area contributed by atoms with Crippen LogP contribution in [0.3, 0.4) is 0 Å². The Morgan fingerprint density at radius 2 is 1.88 bits per heavy atom. The lowest BCUT2D eigenvalue weighted by atomic mass is 9.84. The summed E-state index contributed by atoms with van der Waals surface area (Å²) in [5.41, 5.74) is 7.91. The van der Waals surface area contributed by atoms with E-state index in [0.29, 0.717) is 23.0 Å². The maximum absolute atomic E-state index is 13.9. The Hall–Kier alpha value is -4.04. The summed E-state index contributed by atoms with van der Waals surface area (Å²) in [4.78, 5) is 34.0. The van der Waals surface area contributed by atoms with E-state index in [4.69, 9.17) is 4.74 Å². The molecule has 0 saturated carbocycles. The van der Waals surface area contributed by atoms with Gasteiger partial charge in [0.1, 0.15) is 11.5 Å². The SMILES string of the molecule is C=Cc1c2[nH]c(c1C)/C=C1\NC(C3=c4[nH]/c(c(C)c4C(=O)[C@@H]3C(=O)OC)=C\C3=C(CC)[C@](C)(O)/C(=C/2)N3)[C@@H](C)[C@@H]1C. The first-order valence-corrected chi connectivity index (χ1v) is 14.3. The molecule has 5 atom stereocenters. The number of allylic oxidation sites excluding steroid dienone is 2. The number of esters is 1. The molecule has 0 radical (unpaired) electrons. The number of fused-ring (bicyclic) bond motifs is 8. The van der Waals surface area contributed by atoms with Crippen molar-refractivity contribution in [1.29, 1.82) is 0 Å². The van der Waals surface area contributed by atoms with Gasteiger partial charge in [-0.3, -0.25) is 9.59 Å². The molecule has 8 nitrogen and oxygen atoms in total. The molecule has 2 aromatic rings. The van der Waals surface area contributed by atoms with E-state index in [1.165, 1.54) is 7.11 Å². The lowest BCUT2D eigenvalue weighted by Gasteiger charge is -2.22. The average Bonchev–Trinajstić information content (AvgIpc) is 3.64. The fourth-order valence-corrected chi connectivity index (χ4v) is 7.17. The standard InChI is InChI=1S/C33H38N4O4/c1-9-18-16(5)21-11-20-14(3)15(4)29(36-20)27-28(32(39)41-8)31(38)26-17(6)22(37-30(26)27)12-24-19(10-2)33(7,40)25(35-24)13-23(18)34-21/h9,11-15,28-29,34-37,40H,1,10H2,2-8H3/b20-11-,22-12-,25-13-/t14-,15-,28+,29?,33-/m0/s1. The van der Waals surface area contributed by atoms with Gasteiger partial charge in [0.25, 0.3) is 0 Å². The predicted octanol–water partition coefficient (Wildman–Crippen LogP) is 3.18. The normalized spacial score (nSPS) is 31.6. The zero-order valence-corrected chi connectivity index (χ0v) is 24.7. The summed E-state index contributed by atoms with van der Waals surface area (Å²) < 4.78 is 5.15. The molecule has 2 aromatic heterocycles. The Morgan fingerprint density at radius 1 is 1.15 bits per heavy atom. The third kappa shape index (κ3) is 3.69. The number of nitrogens with one attached hydrogen (secondary N) is 4. The summed E-state index contributed by atoms with van der Waals surface area (Å²) in [6.45, 7) is 16.2. The average molecular weight is 555 g/mol. The van der Waals surface area contributed by atoms with Gasteiger partial charge < -0.3 is 30.4 Å². The van der Waals surface area contributed by atoms with E-state index in [-0.39, 0.29) is 23.7 Å². The van der Waals surface area contributed by atoms with Crippen molar-refractivity contribution in [2.24, 2.45) is 17.8 Å². The molecule has 0 aromatic carbocycles. The summed E-state index contributed by atoms with van der Waals surface area (Å²) >= 11 is 0. The van der Waals surface area contributed by atoms with Crippen LogP contribution in [-0.4, -0.2) is 45.6 Å². The van der Waals surface area contributed by atoms with Crippen molar-refractivity contribution in [3.63, 3.8) is 0 Å². The number of aromatic nitrogens is 2. The van der Waals surface area contributed by atoms with Crippen molar-refractivity contribution >= 4 is 41.6 Å². The Balaban J connectivity index is 1.71. The number of carbonyl (C=O) groups is 2. The number of H-pyrrole nitrogens is 2. The minimum Gasteiger partial charge on any atom is -0.468 e. The Labute approximate surface area is 239 Å². The molecule has 5 N–H and O–H groups in total. The minimum atomic E-state index is -1.22. The van der Waals surface area contributed by atoms with Crippen molar-refractivity contribution < 1.29 is 19.4 Å². The quantitative estimate of drug-likeness (QED) is 0.294. The first-order chi connectivity index (χ1) is 19.4. The van der Waals surface area contributed by atoms with Crippen molar-refractivity contribution in [3.8, 4) is 0 Å². The lowest BCUT2D eigenvalue weighted by molar-refractivity contribution is -0.141. The number of hydrogen-bond donors (Lipinski definition) is 5. The van der Waals surface area contributed by atoms with Gasteiger partial charge in [0.15, 0.2) is 5.78 Å². The lowest BCUT2D eigenvalue weighted by Crippen LogP contribution is -2.37. The molecule has 8 heteroatoms. The highest BCUT2D eigenvalue weighted by molar-refractivity contribution is 6.19. The maximum Gasteiger partial charge on any atom is 0.320 e. The number of carbonyl (C=O) groups excluding carboxylic acids is 2. The Morgan fingerprint density at radius 3 is 2.54 bits per heavy atom. The summed E-state index contributed by atoms with van der Waals surface area (Å²) in [5.74, 6) is -1.56. The summed E-state index contributed by atoms with van der Waals surface area (Å²) in [5, 5.41) is 20.3. The molecule has 1 saturated heterocycles. The van der Waals surface area contributed by atoms with Crippen molar-refractivity contribution in [3.05, 3.63) is 73.6 Å². The number of aliphatic hydroxyl groups is 1. The van der Waals surface area contributed by atoms with Crippen LogP contribution in [0.5, 0.6) is 0 Å². The van der Waals surface area contributed by atoms with Gasteiger partial charge in [-0.1, -0.05) is 33.4 Å². The highest BCUT2D eigenvalue weighted by Gasteiger charge is 2.48. The van der Waals surface area contributed by atoms with Crippen LogP contribution < -0.4 is 21.3 Å². The molecule has 214 valence electrons. The molecule has 0 amide bonds. The van der Waals surface area contributed by atoms with Gasteiger partial charge in [-0.25, -0.2) is 0 Å². The molecule has 41 heavy (non-hydrogen) atoms. The number of methoxy groups -OCH3 is 1. The van der Waals surface area contributed by atoms with E-state index in [9.17, 15) is 14.7 Å². The van der Waals surface area contributed by atoms with Crippen LogP contribution in [0.4, 0.5) is 0 Å². The van der Waals surface area contributed by atoms with E-state index in [1.807, 2.05) is 32.1 Å². The van der Waals surface area contributed by atoms with E-state index < -0.39 is 17.5 Å². The van der Waals surface area contributed by atoms with Crippen LogP contribution in [0.1, 0.15) is 72.6 Å². The second-order valence-corrected chi connectivity index (χ2v) is 11.9. The molecule has 1 aliphatic carbocycles. The zero-order valence-electron chi connectivity index (χ0n) is 24.7. The van der Waals surface area contributed by atoms with Crippen LogP contribution in [0.25, 0.3) is 29.9 Å². The van der Waals surface area contributed by atoms with Crippen molar-refractivity contribution in [2.45, 2.75) is 59.6 Å². The number of ketones is 1. The summed E-state index contributed by atoms with van der Waals surface area (Å²) in [7, 11) is 1.33. The van der Waals surface area contributed by atoms with Gasteiger partial charge in [-0.15, -0.1) is 0 Å². The van der Waals surface area contributed by atoms with Gasteiger partial charge in [-0.2, -0.15) is 0 Å². The second kappa shape index (κ2) is 9.24. The van der Waals surface area contributed by atoms with E-state index in [0.717, 1.165) is 56.0 Å². The molecule has 5 heterocycles. The van der Waals surface area contributed by atoms with Crippen LogP contribution in [-0.2, 0) is 9.53 Å². The van der Waals surface area contributed by atoms with Crippen LogP contribution in [0, 0.1) is 31.6 Å². The third-order valence-electron chi connectivity index (χ3n) is 9.81. The topological polar surface area (TPSA) is 119 Å². The first kappa shape index (κ1) is 27.1.